The summed E-state index contributed by atoms with van der Waals surface area (Å²) in [5.41, 5.74) is 6.77. The highest BCUT2D eigenvalue weighted by Crippen LogP contribution is 2.42. The van der Waals surface area contributed by atoms with E-state index in [2.05, 4.69) is 0 Å². The van der Waals surface area contributed by atoms with Crippen LogP contribution in [0.15, 0.2) is 35.9 Å². The van der Waals surface area contributed by atoms with Gasteiger partial charge in [0.15, 0.2) is 5.78 Å². The number of benzene rings is 1. The van der Waals surface area contributed by atoms with Gasteiger partial charge in [0.05, 0.1) is 6.04 Å². The molecule has 2 aliphatic rings. The van der Waals surface area contributed by atoms with Crippen molar-refractivity contribution in [2.24, 2.45) is 11.1 Å². The van der Waals surface area contributed by atoms with Gasteiger partial charge in [0.2, 0.25) is 5.91 Å². The predicted molar refractivity (Wildman–Crippen MR) is 82.3 cm³/mol. The SMILES string of the molecule is CC1(C)CC(=O)C2=CC(=O)N(c3ccc(C(N)=O)cc3)C2C1. The van der Waals surface area contributed by atoms with Crippen LogP contribution in [0.2, 0.25) is 0 Å². The van der Waals surface area contributed by atoms with Gasteiger partial charge in [-0.05, 0) is 36.1 Å². The maximum absolute atomic E-state index is 12.3. The molecule has 0 spiro atoms. The molecule has 1 fully saturated rings. The molecule has 1 heterocycles. The Morgan fingerprint density at radius 3 is 2.45 bits per heavy atom. The highest BCUT2D eigenvalue weighted by molar-refractivity contribution is 6.15. The Kier molecular flexibility index (Phi) is 3.16. The first-order chi connectivity index (χ1) is 10.3. The van der Waals surface area contributed by atoms with E-state index in [1.807, 2.05) is 13.8 Å². The van der Waals surface area contributed by atoms with Crippen molar-refractivity contribution < 1.29 is 14.4 Å². The van der Waals surface area contributed by atoms with Crippen molar-refractivity contribution in [1.82, 2.24) is 0 Å². The fourth-order valence-electron chi connectivity index (χ4n) is 3.28. The second kappa shape index (κ2) is 4.80. The number of nitrogens with two attached hydrogens (primary N) is 1. The molecule has 5 heteroatoms. The van der Waals surface area contributed by atoms with Gasteiger partial charge < -0.3 is 10.6 Å². The Hall–Kier alpha value is -2.43. The molecule has 0 saturated heterocycles. The maximum atomic E-state index is 12.3. The van der Waals surface area contributed by atoms with Gasteiger partial charge in [-0.1, -0.05) is 13.8 Å². The van der Waals surface area contributed by atoms with Gasteiger partial charge in [-0.2, -0.15) is 0 Å². The van der Waals surface area contributed by atoms with E-state index < -0.39 is 5.91 Å². The first-order valence-corrected chi connectivity index (χ1v) is 7.26. The lowest BCUT2D eigenvalue weighted by Gasteiger charge is -2.38. The van der Waals surface area contributed by atoms with Crippen molar-refractivity contribution in [3.63, 3.8) is 0 Å². The van der Waals surface area contributed by atoms with Crippen LogP contribution in [-0.2, 0) is 9.59 Å². The summed E-state index contributed by atoms with van der Waals surface area (Å²) in [5, 5.41) is 0. The monoisotopic (exact) mass is 298 g/mol. The third-order valence-electron chi connectivity index (χ3n) is 4.32. The summed E-state index contributed by atoms with van der Waals surface area (Å²) in [6, 6.07) is 6.36. The van der Waals surface area contributed by atoms with E-state index in [0.29, 0.717) is 23.2 Å². The first kappa shape index (κ1) is 14.5. The van der Waals surface area contributed by atoms with Crippen molar-refractivity contribution in [3.8, 4) is 0 Å². The second-order valence-electron chi connectivity index (χ2n) is 6.70. The normalized spacial score (nSPS) is 23.3. The van der Waals surface area contributed by atoms with E-state index in [1.165, 1.54) is 6.08 Å². The number of ketones is 1. The summed E-state index contributed by atoms with van der Waals surface area (Å²) in [5.74, 6) is -0.643. The van der Waals surface area contributed by atoms with Crippen molar-refractivity contribution in [3.05, 3.63) is 41.5 Å². The maximum Gasteiger partial charge on any atom is 0.252 e. The summed E-state index contributed by atoms with van der Waals surface area (Å²) in [6.07, 6.45) is 2.66. The molecule has 0 bridgehead atoms. The summed E-state index contributed by atoms with van der Waals surface area (Å²) < 4.78 is 0. The van der Waals surface area contributed by atoms with Crippen molar-refractivity contribution in [1.29, 1.82) is 0 Å². The van der Waals surface area contributed by atoms with Crippen LogP contribution in [0.3, 0.4) is 0 Å². The average Bonchev–Trinajstić information content (AvgIpc) is 2.74. The van der Waals surface area contributed by atoms with Crippen LogP contribution in [0.1, 0.15) is 37.0 Å². The Labute approximate surface area is 128 Å². The van der Waals surface area contributed by atoms with Crippen LogP contribution in [-0.4, -0.2) is 23.6 Å². The minimum Gasteiger partial charge on any atom is -0.366 e. The van der Waals surface area contributed by atoms with Gasteiger partial charge in [-0.25, -0.2) is 0 Å². The number of rotatable bonds is 2. The molecule has 3 rings (SSSR count). The fraction of sp³-hybridized carbons (Fsp3) is 0.353. The molecule has 114 valence electrons. The Morgan fingerprint density at radius 2 is 1.86 bits per heavy atom. The van der Waals surface area contributed by atoms with Crippen LogP contribution in [0.5, 0.6) is 0 Å². The summed E-state index contributed by atoms with van der Waals surface area (Å²) >= 11 is 0. The molecule has 1 aromatic carbocycles. The smallest absolute Gasteiger partial charge is 0.252 e. The van der Waals surface area contributed by atoms with Crippen molar-refractivity contribution in [2.75, 3.05) is 4.90 Å². The van der Waals surface area contributed by atoms with Crippen molar-refractivity contribution >= 4 is 23.3 Å². The second-order valence-corrected chi connectivity index (χ2v) is 6.70. The molecule has 1 aromatic rings. The Bertz CT molecular complexity index is 701. The number of carbonyl (C=O) groups is 3. The van der Waals surface area contributed by atoms with Crippen LogP contribution in [0.4, 0.5) is 5.69 Å². The predicted octanol–water partition coefficient (Wildman–Crippen LogP) is 1.82. The molecule has 1 saturated carbocycles. The number of primary amides is 1. The van der Waals surface area contributed by atoms with Gasteiger partial charge in [-0.3, -0.25) is 14.4 Å². The number of anilines is 1. The van der Waals surface area contributed by atoms with E-state index >= 15 is 0 Å². The topological polar surface area (TPSA) is 80.5 Å². The number of fused-ring (bicyclic) bond motifs is 1. The van der Waals surface area contributed by atoms with E-state index in [0.717, 1.165) is 6.42 Å². The van der Waals surface area contributed by atoms with Crippen molar-refractivity contribution in [2.45, 2.75) is 32.7 Å². The molecule has 0 radical (unpaired) electrons. The zero-order valence-corrected chi connectivity index (χ0v) is 12.6. The third-order valence-corrected chi connectivity index (χ3v) is 4.32. The number of hydrogen-bond acceptors (Lipinski definition) is 3. The Morgan fingerprint density at radius 1 is 1.23 bits per heavy atom. The highest BCUT2D eigenvalue weighted by Gasteiger charge is 2.45. The standard InChI is InChI=1S/C17H18N2O3/c1-17(2)8-13-12(14(20)9-17)7-15(21)19(13)11-5-3-10(4-6-11)16(18)22/h3-7,13H,8-9H2,1-2H3,(H2,18,22). The molecule has 2 N–H and O–H groups in total. The number of amides is 2. The molecule has 22 heavy (non-hydrogen) atoms. The lowest BCUT2D eigenvalue weighted by atomic mass is 9.72. The van der Waals surface area contributed by atoms with Gasteiger partial charge in [0, 0.05) is 29.3 Å². The Balaban J connectivity index is 1.96. The summed E-state index contributed by atoms with van der Waals surface area (Å²) in [7, 11) is 0. The van der Waals surface area contributed by atoms with E-state index in [1.54, 1.807) is 29.2 Å². The lowest BCUT2D eigenvalue weighted by molar-refractivity contribution is -0.119. The highest BCUT2D eigenvalue weighted by atomic mass is 16.2. The van der Waals surface area contributed by atoms with Crippen LogP contribution in [0.25, 0.3) is 0 Å². The molecule has 1 atom stereocenters. The molecule has 0 aromatic heterocycles. The van der Waals surface area contributed by atoms with Crippen LogP contribution in [0, 0.1) is 5.41 Å². The zero-order valence-electron chi connectivity index (χ0n) is 12.6. The van der Waals surface area contributed by atoms with Gasteiger partial charge in [-0.15, -0.1) is 0 Å². The summed E-state index contributed by atoms with van der Waals surface area (Å²) in [4.78, 5) is 37.3. The number of carbonyl (C=O) groups excluding carboxylic acids is 3. The third kappa shape index (κ3) is 2.32. The van der Waals surface area contributed by atoms with Gasteiger partial charge in [0.25, 0.3) is 5.91 Å². The van der Waals surface area contributed by atoms with E-state index in [9.17, 15) is 14.4 Å². The lowest BCUT2D eigenvalue weighted by Crippen LogP contribution is -2.43. The molecule has 5 nitrogen and oxygen atoms in total. The first-order valence-electron chi connectivity index (χ1n) is 7.26. The molecular formula is C17H18N2O3. The molecule has 1 aliphatic carbocycles. The average molecular weight is 298 g/mol. The molecular weight excluding hydrogens is 280 g/mol. The minimum absolute atomic E-state index is 0.0471. The van der Waals surface area contributed by atoms with Crippen LogP contribution >= 0.6 is 0 Å². The molecule has 2 amide bonds. The minimum atomic E-state index is -0.507. The quantitative estimate of drug-likeness (QED) is 0.904. The number of nitrogens with zero attached hydrogens (tertiary/aromatic N) is 1. The summed E-state index contributed by atoms with van der Waals surface area (Å²) in [6.45, 7) is 4.08. The van der Waals surface area contributed by atoms with E-state index in [4.69, 9.17) is 5.73 Å². The molecule has 1 unspecified atom stereocenters. The van der Waals surface area contributed by atoms with Gasteiger partial charge in [0.1, 0.15) is 0 Å². The van der Waals surface area contributed by atoms with Crippen LogP contribution < -0.4 is 10.6 Å². The zero-order chi connectivity index (χ0) is 16.1. The number of Topliss-reactive ketones (excluding diaryl/α,β-unsaturated/α-hetero) is 1. The van der Waals surface area contributed by atoms with Gasteiger partial charge >= 0.3 is 0 Å². The molecule has 1 aliphatic heterocycles. The largest absolute Gasteiger partial charge is 0.366 e. The fourth-order valence-corrected chi connectivity index (χ4v) is 3.28. The van der Waals surface area contributed by atoms with E-state index in [-0.39, 0.29) is 23.1 Å². The number of hydrogen-bond donors (Lipinski definition) is 1.